The first-order chi connectivity index (χ1) is 20.8. The van der Waals surface area contributed by atoms with Gasteiger partial charge in [-0.3, -0.25) is 19.2 Å². The number of methoxy groups -OCH3 is 1. The minimum atomic E-state index is -4.87. The monoisotopic (exact) mass is 612 g/mol. The van der Waals surface area contributed by atoms with Crippen LogP contribution < -0.4 is 15.4 Å². The van der Waals surface area contributed by atoms with Crippen LogP contribution in [-0.2, 0) is 17.4 Å². The Kier molecular flexibility index (Phi) is 8.10. The molecule has 1 aromatic heterocycles. The van der Waals surface area contributed by atoms with E-state index in [-0.39, 0.29) is 53.7 Å². The fraction of sp³-hybridized carbons (Fsp3) is 0.367. The van der Waals surface area contributed by atoms with E-state index in [1.165, 1.54) is 52.1 Å². The maximum Gasteiger partial charge on any atom is 0.435 e. The van der Waals surface area contributed by atoms with Crippen molar-refractivity contribution in [2.24, 2.45) is 11.7 Å². The number of benzene rings is 2. The number of likely N-dealkylation sites (tertiary alicyclic amines) is 1. The number of carbonyl (C=O) groups is 4. The number of hydrogen-bond acceptors (Lipinski definition) is 6. The van der Waals surface area contributed by atoms with Gasteiger partial charge < -0.3 is 25.2 Å². The molecule has 2 aliphatic rings. The molecule has 4 amide bonds. The summed E-state index contributed by atoms with van der Waals surface area (Å²) in [4.78, 5) is 56.1. The van der Waals surface area contributed by atoms with Crippen LogP contribution in [0, 0.1) is 5.92 Å². The minimum absolute atomic E-state index is 0.0501. The number of primary amides is 1. The van der Waals surface area contributed by atoms with Gasteiger partial charge in [0.2, 0.25) is 5.91 Å². The van der Waals surface area contributed by atoms with E-state index in [4.69, 9.17) is 10.5 Å². The molecule has 1 fully saturated rings. The lowest BCUT2D eigenvalue weighted by molar-refractivity contribution is -0.142. The molecule has 14 heteroatoms. The van der Waals surface area contributed by atoms with Gasteiger partial charge in [-0.1, -0.05) is 0 Å². The highest BCUT2D eigenvalue weighted by atomic mass is 19.4. The Balaban J connectivity index is 1.61. The standard InChI is InChI=1S/C30H31F3N6O5/c1-36(2)27(41)17-6-8-19(9-7-17)38-14-12-21-24(29(38)43)39(35-25(21)30(31,32)33)23-11-10-20(44-3)15-22(23)28(42)37-13-4-5-18(16-37)26(34)40/h6-11,15,18H,4-5,12-14,16H2,1-3H3,(H2,34,40). The number of anilines is 1. The zero-order chi connectivity index (χ0) is 31.9. The van der Waals surface area contributed by atoms with Crippen LogP contribution in [-0.4, -0.2) is 84.0 Å². The van der Waals surface area contributed by atoms with Crippen molar-refractivity contribution >= 4 is 29.3 Å². The summed E-state index contributed by atoms with van der Waals surface area (Å²) in [5.41, 5.74) is 4.33. The smallest absolute Gasteiger partial charge is 0.435 e. The molecule has 232 valence electrons. The lowest BCUT2D eigenvalue weighted by Crippen LogP contribution is -2.44. The molecule has 2 aromatic carbocycles. The van der Waals surface area contributed by atoms with E-state index in [2.05, 4.69) is 5.10 Å². The number of aromatic nitrogens is 2. The van der Waals surface area contributed by atoms with Crippen molar-refractivity contribution in [3.8, 4) is 11.4 Å². The molecule has 11 nitrogen and oxygen atoms in total. The first-order valence-electron chi connectivity index (χ1n) is 13.9. The number of rotatable bonds is 6. The van der Waals surface area contributed by atoms with Gasteiger partial charge in [0.25, 0.3) is 17.7 Å². The van der Waals surface area contributed by atoms with Gasteiger partial charge in [0.1, 0.15) is 11.4 Å². The van der Waals surface area contributed by atoms with E-state index in [9.17, 15) is 32.3 Å². The summed E-state index contributed by atoms with van der Waals surface area (Å²) >= 11 is 0. The Morgan fingerprint density at radius 2 is 1.77 bits per heavy atom. The second-order valence-electron chi connectivity index (χ2n) is 10.9. The maximum absolute atomic E-state index is 14.2. The molecule has 0 aliphatic carbocycles. The van der Waals surface area contributed by atoms with Gasteiger partial charge in [0.15, 0.2) is 5.69 Å². The largest absolute Gasteiger partial charge is 0.497 e. The third kappa shape index (κ3) is 5.58. The summed E-state index contributed by atoms with van der Waals surface area (Å²) in [6.45, 7) is 0.302. The molecule has 0 radical (unpaired) electrons. The van der Waals surface area contributed by atoms with Gasteiger partial charge in [-0.25, -0.2) is 4.68 Å². The highest BCUT2D eigenvalue weighted by Gasteiger charge is 2.44. The molecule has 2 N–H and O–H groups in total. The average Bonchev–Trinajstić information content (AvgIpc) is 3.41. The number of hydrogen-bond donors (Lipinski definition) is 1. The van der Waals surface area contributed by atoms with Gasteiger partial charge >= 0.3 is 6.18 Å². The number of fused-ring (bicyclic) bond motifs is 1. The summed E-state index contributed by atoms with van der Waals surface area (Å²) in [5.74, 6) is -2.41. The number of halogens is 3. The second kappa shape index (κ2) is 11.7. The van der Waals surface area contributed by atoms with Crippen molar-refractivity contribution in [3.63, 3.8) is 0 Å². The lowest BCUT2D eigenvalue weighted by atomic mass is 9.96. The minimum Gasteiger partial charge on any atom is -0.497 e. The van der Waals surface area contributed by atoms with Crippen LogP contribution in [0.3, 0.4) is 0 Å². The normalized spacial score (nSPS) is 16.9. The van der Waals surface area contributed by atoms with E-state index in [0.717, 1.165) is 4.68 Å². The second-order valence-corrected chi connectivity index (χ2v) is 10.9. The fourth-order valence-corrected chi connectivity index (χ4v) is 5.61. The zero-order valence-electron chi connectivity index (χ0n) is 24.3. The number of nitrogens with zero attached hydrogens (tertiary/aromatic N) is 5. The van der Waals surface area contributed by atoms with Gasteiger partial charge in [0.05, 0.1) is 24.3 Å². The van der Waals surface area contributed by atoms with Crippen molar-refractivity contribution in [2.75, 3.05) is 45.7 Å². The molecular weight excluding hydrogens is 581 g/mol. The third-order valence-corrected chi connectivity index (χ3v) is 7.89. The molecule has 0 spiro atoms. The number of amides is 4. The van der Waals surface area contributed by atoms with Gasteiger partial charge in [-0.05, 0) is 61.7 Å². The SMILES string of the molecule is COc1ccc(-n2nc(C(F)(F)F)c3c2C(=O)N(c2ccc(C(=O)N(C)C)cc2)CC3)c(C(=O)N2CCCC(C(N)=O)C2)c1. The third-order valence-electron chi connectivity index (χ3n) is 7.89. The summed E-state index contributed by atoms with van der Waals surface area (Å²) in [7, 11) is 4.58. The molecule has 1 saturated heterocycles. The molecule has 1 atom stereocenters. The Labute approximate surface area is 250 Å². The van der Waals surface area contributed by atoms with E-state index in [1.54, 1.807) is 26.2 Å². The number of piperidine rings is 1. The summed E-state index contributed by atoms with van der Waals surface area (Å²) < 4.78 is 48.9. The van der Waals surface area contributed by atoms with Gasteiger partial charge in [0, 0.05) is 50.5 Å². The molecule has 2 aliphatic heterocycles. The van der Waals surface area contributed by atoms with E-state index in [1.807, 2.05) is 0 Å². The lowest BCUT2D eigenvalue weighted by Gasteiger charge is -2.32. The Morgan fingerprint density at radius 3 is 2.39 bits per heavy atom. The zero-order valence-corrected chi connectivity index (χ0v) is 24.3. The van der Waals surface area contributed by atoms with Crippen LogP contribution in [0.1, 0.15) is 55.3 Å². The van der Waals surface area contributed by atoms with Crippen LogP contribution >= 0.6 is 0 Å². The topological polar surface area (TPSA) is 131 Å². The summed E-state index contributed by atoms with van der Waals surface area (Å²) in [5, 5.41) is 3.86. The highest BCUT2D eigenvalue weighted by Crippen LogP contribution is 2.38. The molecule has 5 rings (SSSR count). The molecule has 1 unspecified atom stereocenters. The van der Waals surface area contributed by atoms with Crippen molar-refractivity contribution in [2.45, 2.75) is 25.4 Å². The van der Waals surface area contributed by atoms with Crippen molar-refractivity contribution in [1.29, 1.82) is 0 Å². The first kappa shape index (κ1) is 30.6. The fourth-order valence-electron chi connectivity index (χ4n) is 5.61. The van der Waals surface area contributed by atoms with Crippen LogP contribution in [0.5, 0.6) is 5.75 Å². The van der Waals surface area contributed by atoms with Crippen molar-refractivity contribution in [1.82, 2.24) is 19.6 Å². The van der Waals surface area contributed by atoms with Gasteiger partial charge in [-0.15, -0.1) is 0 Å². The van der Waals surface area contributed by atoms with Crippen molar-refractivity contribution in [3.05, 3.63) is 70.5 Å². The highest BCUT2D eigenvalue weighted by molar-refractivity contribution is 6.08. The van der Waals surface area contributed by atoms with E-state index in [0.29, 0.717) is 30.6 Å². The number of nitrogens with two attached hydrogens (primary N) is 1. The Bertz CT molecular complexity index is 1630. The molecule has 3 heterocycles. The van der Waals surface area contributed by atoms with Crippen LogP contribution in [0.25, 0.3) is 5.69 Å². The van der Waals surface area contributed by atoms with Crippen molar-refractivity contribution < 1.29 is 37.1 Å². The molecule has 3 aromatic rings. The maximum atomic E-state index is 14.2. The number of ether oxygens (including phenoxy) is 1. The Hall–Kier alpha value is -4.88. The summed E-state index contributed by atoms with van der Waals surface area (Å²) in [6.07, 6.45) is -3.99. The van der Waals surface area contributed by atoms with Gasteiger partial charge in [-0.2, -0.15) is 18.3 Å². The molecule has 0 saturated carbocycles. The quantitative estimate of drug-likeness (QED) is 0.455. The molecule has 0 bridgehead atoms. The van der Waals surface area contributed by atoms with Crippen LogP contribution in [0.15, 0.2) is 42.5 Å². The Morgan fingerprint density at radius 1 is 1.07 bits per heavy atom. The van der Waals surface area contributed by atoms with E-state index >= 15 is 0 Å². The van der Waals surface area contributed by atoms with E-state index < -0.39 is 35.5 Å². The average molecular weight is 613 g/mol. The molecular formula is C30H31F3N6O5. The number of alkyl halides is 3. The number of carbonyl (C=O) groups excluding carboxylic acids is 4. The summed E-state index contributed by atoms with van der Waals surface area (Å²) in [6, 6.07) is 10.4. The van der Waals surface area contributed by atoms with Crippen LogP contribution in [0.2, 0.25) is 0 Å². The molecule has 44 heavy (non-hydrogen) atoms. The predicted molar refractivity (Wildman–Crippen MR) is 153 cm³/mol. The predicted octanol–water partition coefficient (Wildman–Crippen LogP) is 3.14. The first-order valence-corrected chi connectivity index (χ1v) is 13.9. The van der Waals surface area contributed by atoms with Crippen LogP contribution in [0.4, 0.5) is 18.9 Å².